The highest BCUT2D eigenvalue weighted by Crippen LogP contribution is 2.29. The van der Waals surface area contributed by atoms with E-state index in [1.165, 1.54) is 43.5 Å². The summed E-state index contributed by atoms with van der Waals surface area (Å²) < 4.78 is 26.3. The molecule has 0 radical (unpaired) electrons. The Morgan fingerprint density at radius 2 is 1.44 bits per heavy atom. The molecule has 0 N–H and O–H groups in total. The number of carbonyl (C=O) groups is 1. The van der Waals surface area contributed by atoms with Crippen molar-refractivity contribution in [2.24, 2.45) is 0 Å². The van der Waals surface area contributed by atoms with Crippen molar-refractivity contribution in [1.82, 2.24) is 4.90 Å². The Morgan fingerprint density at radius 3 is 2.04 bits per heavy atom. The van der Waals surface area contributed by atoms with Gasteiger partial charge in [-0.1, -0.05) is 30.7 Å². The third-order valence-corrected chi connectivity index (χ3v) is 5.10. The largest absolute Gasteiger partial charge is 0.299 e. The van der Waals surface area contributed by atoms with Crippen LogP contribution >= 0.6 is 12.4 Å². The smallest absolute Gasteiger partial charge is 0.137 e. The van der Waals surface area contributed by atoms with Crippen LogP contribution in [0.3, 0.4) is 0 Å². The standard InChI is InChI=1S/C22H25F2NO.ClH/c23-19-8-4-17(5-9-19)16-21(26)12-13-22(25-14-2-1-3-15-25)18-6-10-20(24)11-7-18;/h4-11,22H,1-3,12-16H2;1H. The van der Waals surface area contributed by atoms with Gasteiger partial charge in [-0.05, 0) is 67.7 Å². The van der Waals surface area contributed by atoms with Crippen molar-refractivity contribution in [3.63, 3.8) is 0 Å². The van der Waals surface area contributed by atoms with Crippen LogP contribution < -0.4 is 0 Å². The van der Waals surface area contributed by atoms with Gasteiger partial charge in [-0.3, -0.25) is 9.69 Å². The Kier molecular flexibility index (Phi) is 8.39. The number of likely N-dealkylation sites (tertiary alicyclic amines) is 1. The second kappa shape index (κ2) is 10.5. The lowest BCUT2D eigenvalue weighted by atomic mass is 9.95. The van der Waals surface area contributed by atoms with Crippen LogP contribution in [0.1, 0.15) is 49.3 Å². The summed E-state index contributed by atoms with van der Waals surface area (Å²) in [7, 11) is 0. The monoisotopic (exact) mass is 393 g/mol. The number of rotatable bonds is 7. The van der Waals surface area contributed by atoms with Crippen molar-refractivity contribution in [3.05, 3.63) is 71.3 Å². The van der Waals surface area contributed by atoms with E-state index in [-0.39, 0.29) is 35.9 Å². The molecule has 2 nitrogen and oxygen atoms in total. The number of benzene rings is 2. The highest BCUT2D eigenvalue weighted by Gasteiger charge is 2.23. The van der Waals surface area contributed by atoms with Gasteiger partial charge in [-0.25, -0.2) is 8.78 Å². The third kappa shape index (κ3) is 6.40. The van der Waals surface area contributed by atoms with E-state index in [1.807, 2.05) is 12.1 Å². The number of ketones is 1. The fraction of sp³-hybridized carbons (Fsp3) is 0.409. The van der Waals surface area contributed by atoms with Gasteiger partial charge in [0.1, 0.15) is 17.4 Å². The second-order valence-corrected chi connectivity index (χ2v) is 7.04. The molecule has 0 spiro atoms. The maximum Gasteiger partial charge on any atom is 0.137 e. The minimum absolute atomic E-state index is 0. The van der Waals surface area contributed by atoms with Crippen LogP contribution in [0.2, 0.25) is 0 Å². The molecule has 0 amide bonds. The average molecular weight is 394 g/mol. The molecule has 1 saturated heterocycles. The number of halogens is 3. The maximum atomic E-state index is 13.3. The van der Waals surface area contributed by atoms with Crippen molar-refractivity contribution in [1.29, 1.82) is 0 Å². The van der Waals surface area contributed by atoms with Gasteiger partial charge < -0.3 is 0 Å². The van der Waals surface area contributed by atoms with E-state index in [0.29, 0.717) is 12.8 Å². The van der Waals surface area contributed by atoms with Gasteiger partial charge >= 0.3 is 0 Å². The van der Waals surface area contributed by atoms with Crippen LogP contribution in [0.15, 0.2) is 48.5 Å². The van der Waals surface area contributed by atoms with Crippen LogP contribution in [0, 0.1) is 11.6 Å². The predicted molar refractivity (Wildman–Crippen MR) is 106 cm³/mol. The molecule has 0 saturated carbocycles. The van der Waals surface area contributed by atoms with Gasteiger partial charge in [0.15, 0.2) is 0 Å². The van der Waals surface area contributed by atoms with E-state index in [4.69, 9.17) is 0 Å². The quantitative estimate of drug-likeness (QED) is 0.618. The summed E-state index contributed by atoms with van der Waals surface area (Å²) in [5.74, 6) is -0.373. The molecule has 0 aliphatic carbocycles. The Hall–Kier alpha value is -1.78. The molecule has 1 aliphatic rings. The molecule has 3 rings (SSSR count). The number of Topliss-reactive ketones (excluding diaryl/α,β-unsaturated/α-hetero) is 1. The number of nitrogens with zero attached hydrogens (tertiary/aromatic N) is 1. The molecule has 2 aromatic rings. The normalized spacial score (nSPS) is 15.8. The molecule has 2 aromatic carbocycles. The second-order valence-electron chi connectivity index (χ2n) is 7.04. The van der Waals surface area contributed by atoms with Crippen molar-refractivity contribution < 1.29 is 13.6 Å². The van der Waals surface area contributed by atoms with Crippen molar-refractivity contribution in [2.45, 2.75) is 44.6 Å². The molecule has 1 unspecified atom stereocenters. The zero-order chi connectivity index (χ0) is 18.4. The molecule has 27 heavy (non-hydrogen) atoms. The van der Waals surface area contributed by atoms with Crippen molar-refractivity contribution in [2.75, 3.05) is 13.1 Å². The molecule has 1 atom stereocenters. The van der Waals surface area contributed by atoms with E-state index in [2.05, 4.69) is 4.90 Å². The molecule has 1 fully saturated rings. The summed E-state index contributed by atoms with van der Waals surface area (Å²) in [5, 5.41) is 0. The molecule has 1 heterocycles. The number of piperidine rings is 1. The molecule has 1 aliphatic heterocycles. The van der Waals surface area contributed by atoms with Crippen LogP contribution in [0.25, 0.3) is 0 Å². The minimum atomic E-state index is -0.289. The van der Waals surface area contributed by atoms with Crippen LogP contribution in [-0.4, -0.2) is 23.8 Å². The fourth-order valence-electron chi connectivity index (χ4n) is 3.69. The number of hydrogen-bond donors (Lipinski definition) is 0. The van der Waals surface area contributed by atoms with Gasteiger partial charge in [-0.15, -0.1) is 12.4 Å². The molecular weight excluding hydrogens is 368 g/mol. The van der Waals surface area contributed by atoms with E-state index in [9.17, 15) is 13.6 Å². The lowest BCUT2D eigenvalue weighted by Gasteiger charge is -2.35. The zero-order valence-corrected chi connectivity index (χ0v) is 16.2. The SMILES string of the molecule is Cl.O=C(CCC(c1ccc(F)cc1)N1CCCCC1)Cc1ccc(F)cc1. The van der Waals surface area contributed by atoms with Crippen LogP contribution in [-0.2, 0) is 11.2 Å². The van der Waals surface area contributed by atoms with E-state index >= 15 is 0 Å². The van der Waals surface area contributed by atoms with Crippen LogP contribution in [0.5, 0.6) is 0 Å². The molecule has 5 heteroatoms. The Labute approximate surface area is 166 Å². The summed E-state index contributed by atoms with van der Waals surface area (Å²) in [6.45, 7) is 2.04. The Morgan fingerprint density at radius 1 is 0.889 bits per heavy atom. The van der Waals surface area contributed by atoms with Gasteiger partial charge in [0.05, 0.1) is 0 Å². The average Bonchev–Trinajstić information content (AvgIpc) is 2.66. The van der Waals surface area contributed by atoms with Gasteiger partial charge in [0, 0.05) is 18.9 Å². The van der Waals surface area contributed by atoms with Gasteiger partial charge in [0.2, 0.25) is 0 Å². The Bertz CT molecular complexity index is 712. The van der Waals surface area contributed by atoms with Gasteiger partial charge in [0.25, 0.3) is 0 Å². The fourth-order valence-corrected chi connectivity index (χ4v) is 3.69. The lowest BCUT2D eigenvalue weighted by molar-refractivity contribution is -0.118. The first-order valence-electron chi connectivity index (χ1n) is 9.37. The van der Waals surface area contributed by atoms with E-state index in [1.54, 1.807) is 12.1 Å². The summed E-state index contributed by atoms with van der Waals surface area (Å²) in [4.78, 5) is 14.8. The molecular formula is C22H26ClF2NO. The summed E-state index contributed by atoms with van der Waals surface area (Å²) in [6, 6.07) is 12.9. The minimum Gasteiger partial charge on any atom is -0.299 e. The molecule has 146 valence electrons. The predicted octanol–water partition coefficient (Wildman–Crippen LogP) is 5.51. The third-order valence-electron chi connectivity index (χ3n) is 5.10. The molecule has 0 bridgehead atoms. The lowest BCUT2D eigenvalue weighted by Crippen LogP contribution is -2.34. The van der Waals surface area contributed by atoms with Crippen molar-refractivity contribution >= 4 is 18.2 Å². The van der Waals surface area contributed by atoms with Crippen LogP contribution in [0.4, 0.5) is 8.78 Å². The summed E-state index contributed by atoms with van der Waals surface area (Å²) in [6.07, 6.45) is 5.11. The van der Waals surface area contributed by atoms with Gasteiger partial charge in [-0.2, -0.15) is 0 Å². The first-order valence-corrected chi connectivity index (χ1v) is 9.37. The van der Waals surface area contributed by atoms with E-state index < -0.39 is 0 Å². The topological polar surface area (TPSA) is 20.3 Å². The maximum absolute atomic E-state index is 13.3. The zero-order valence-electron chi connectivity index (χ0n) is 15.4. The highest BCUT2D eigenvalue weighted by molar-refractivity contribution is 5.85. The van der Waals surface area contributed by atoms with E-state index in [0.717, 1.165) is 30.6 Å². The molecule has 0 aromatic heterocycles. The summed E-state index contributed by atoms with van der Waals surface area (Å²) in [5.41, 5.74) is 1.91. The number of hydrogen-bond acceptors (Lipinski definition) is 2. The Balaban J connectivity index is 0.00000261. The first-order chi connectivity index (χ1) is 12.6. The number of carbonyl (C=O) groups excluding carboxylic acids is 1. The highest BCUT2D eigenvalue weighted by atomic mass is 35.5. The summed E-state index contributed by atoms with van der Waals surface area (Å²) >= 11 is 0. The first kappa shape index (κ1) is 21.5. The van der Waals surface area contributed by atoms with Crippen molar-refractivity contribution in [3.8, 4) is 0 Å².